The number of ether oxygens (including phenoxy) is 1. The molecule has 1 saturated heterocycles. The fourth-order valence-electron chi connectivity index (χ4n) is 3.86. The summed E-state index contributed by atoms with van der Waals surface area (Å²) < 4.78 is 5.51. The molecule has 1 aliphatic rings. The van der Waals surface area contributed by atoms with E-state index in [9.17, 15) is 9.59 Å². The third kappa shape index (κ3) is 4.86. The second-order valence-electron chi connectivity index (χ2n) is 7.81. The van der Waals surface area contributed by atoms with Crippen molar-refractivity contribution < 1.29 is 19.4 Å². The Morgan fingerprint density at radius 3 is 2.20 bits per heavy atom. The molecule has 30 heavy (non-hydrogen) atoms. The monoisotopic (exact) mass is 403 g/mol. The topological polar surface area (TPSA) is 66.8 Å². The molecule has 0 amide bonds. The van der Waals surface area contributed by atoms with Crippen LogP contribution in [0.4, 0.5) is 0 Å². The second-order valence-corrected chi connectivity index (χ2v) is 7.81. The minimum absolute atomic E-state index is 0.282. The first kappa shape index (κ1) is 20.1. The summed E-state index contributed by atoms with van der Waals surface area (Å²) in [4.78, 5) is 25.7. The molecule has 154 valence electrons. The first-order valence-corrected chi connectivity index (χ1v) is 10.3. The summed E-state index contributed by atoms with van der Waals surface area (Å²) in [6, 6.07) is 18.7. The Balaban J connectivity index is 1.46. The lowest BCUT2D eigenvalue weighted by Crippen LogP contribution is -2.32. The molecule has 5 heteroatoms. The number of carbonyl (C=O) groups is 2. The van der Waals surface area contributed by atoms with Gasteiger partial charge in [0.05, 0.1) is 11.1 Å². The average molecular weight is 403 g/mol. The Labute approximate surface area is 175 Å². The van der Waals surface area contributed by atoms with Gasteiger partial charge in [0, 0.05) is 13.1 Å². The van der Waals surface area contributed by atoms with E-state index in [1.54, 1.807) is 12.1 Å². The minimum Gasteiger partial charge on any atom is -0.478 e. The Morgan fingerprint density at radius 1 is 0.800 bits per heavy atom. The van der Waals surface area contributed by atoms with Crippen LogP contribution < -0.4 is 0 Å². The molecule has 1 heterocycles. The summed E-state index contributed by atoms with van der Waals surface area (Å²) in [6.45, 7) is 2.33. The van der Waals surface area contributed by atoms with Gasteiger partial charge in [0.1, 0.15) is 6.73 Å². The van der Waals surface area contributed by atoms with Gasteiger partial charge >= 0.3 is 11.9 Å². The number of carboxylic acids is 1. The smallest absolute Gasteiger partial charge is 0.339 e. The number of fused-ring (bicyclic) bond motifs is 1. The minimum atomic E-state index is -0.924. The summed E-state index contributed by atoms with van der Waals surface area (Å²) in [7, 11) is 0. The van der Waals surface area contributed by atoms with Gasteiger partial charge in [0.15, 0.2) is 0 Å². The lowest BCUT2D eigenvalue weighted by Gasteiger charge is -2.25. The number of likely N-dealkylation sites (tertiary alicyclic amines) is 1. The summed E-state index contributed by atoms with van der Waals surface area (Å²) in [6.07, 6.45) is 4.27. The second kappa shape index (κ2) is 9.09. The van der Waals surface area contributed by atoms with E-state index in [0.717, 1.165) is 47.8 Å². The summed E-state index contributed by atoms with van der Waals surface area (Å²) in [5, 5.41) is 11.1. The van der Waals surface area contributed by atoms with Crippen molar-refractivity contribution in [2.45, 2.75) is 25.7 Å². The average Bonchev–Trinajstić information content (AvgIpc) is 2.78. The molecule has 1 aliphatic heterocycles. The highest BCUT2D eigenvalue weighted by atomic mass is 16.5. The van der Waals surface area contributed by atoms with Crippen molar-refractivity contribution in [1.82, 2.24) is 4.90 Å². The maximum Gasteiger partial charge on any atom is 0.339 e. The molecule has 5 nitrogen and oxygen atoms in total. The first-order chi connectivity index (χ1) is 14.6. The van der Waals surface area contributed by atoms with Crippen molar-refractivity contribution in [1.29, 1.82) is 0 Å². The van der Waals surface area contributed by atoms with Gasteiger partial charge in [0.25, 0.3) is 0 Å². The van der Waals surface area contributed by atoms with Crippen LogP contribution >= 0.6 is 0 Å². The predicted octanol–water partition coefficient (Wildman–Crippen LogP) is 4.73. The van der Waals surface area contributed by atoms with Crippen LogP contribution in [0.25, 0.3) is 10.8 Å². The molecule has 0 spiro atoms. The molecule has 3 aromatic rings. The molecule has 0 saturated carbocycles. The van der Waals surface area contributed by atoms with Gasteiger partial charge in [-0.15, -0.1) is 0 Å². The van der Waals surface area contributed by atoms with Crippen molar-refractivity contribution in [3.63, 3.8) is 0 Å². The van der Waals surface area contributed by atoms with E-state index >= 15 is 0 Å². The Hall–Kier alpha value is -3.18. The van der Waals surface area contributed by atoms with Crippen molar-refractivity contribution in [2.75, 3.05) is 19.8 Å². The van der Waals surface area contributed by atoms with Crippen LogP contribution in [0.5, 0.6) is 0 Å². The number of carbonyl (C=O) groups excluding carboxylic acids is 1. The van der Waals surface area contributed by atoms with Gasteiger partial charge in [-0.1, -0.05) is 42.8 Å². The Bertz CT molecular complexity index is 1050. The van der Waals surface area contributed by atoms with Crippen LogP contribution in [0.15, 0.2) is 60.7 Å². The number of nitrogens with zero attached hydrogens (tertiary/aromatic N) is 1. The number of hydrogen-bond acceptors (Lipinski definition) is 4. The third-order valence-electron chi connectivity index (χ3n) is 5.58. The zero-order valence-corrected chi connectivity index (χ0v) is 16.8. The molecule has 0 aromatic heterocycles. The van der Waals surface area contributed by atoms with Crippen LogP contribution in [-0.4, -0.2) is 41.8 Å². The van der Waals surface area contributed by atoms with Gasteiger partial charge < -0.3 is 9.84 Å². The number of benzene rings is 3. The Kier molecular flexibility index (Phi) is 6.10. The van der Waals surface area contributed by atoms with Gasteiger partial charge in [-0.05, 0) is 65.4 Å². The normalized spacial score (nSPS) is 14.5. The zero-order chi connectivity index (χ0) is 20.9. The van der Waals surface area contributed by atoms with Crippen LogP contribution in [-0.2, 0) is 11.2 Å². The fraction of sp³-hybridized carbons (Fsp3) is 0.280. The highest BCUT2D eigenvalue weighted by molar-refractivity contribution is 5.95. The van der Waals surface area contributed by atoms with E-state index in [-0.39, 0.29) is 11.5 Å². The SMILES string of the molecule is O=C(O)c1ccc(Cc2ccc3ccc(C(=O)OCN4CCCCC4)cc3c2)cc1. The van der Waals surface area contributed by atoms with Crippen molar-refractivity contribution in [3.8, 4) is 0 Å². The van der Waals surface area contributed by atoms with E-state index in [0.29, 0.717) is 18.7 Å². The molecule has 1 N–H and O–H groups in total. The van der Waals surface area contributed by atoms with Gasteiger partial charge in [-0.3, -0.25) is 4.90 Å². The number of esters is 1. The lowest BCUT2D eigenvalue weighted by molar-refractivity contribution is 0.0171. The maximum absolute atomic E-state index is 12.5. The highest BCUT2D eigenvalue weighted by Gasteiger charge is 2.14. The van der Waals surface area contributed by atoms with E-state index in [2.05, 4.69) is 17.0 Å². The number of aromatic carboxylic acids is 1. The molecule has 1 fully saturated rings. The number of piperidine rings is 1. The predicted molar refractivity (Wildman–Crippen MR) is 116 cm³/mol. The molecule has 4 rings (SSSR count). The first-order valence-electron chi connectivity index (χ1n) is 10.3. The van der Waals surface area contributed by atoms with E-state index < -0.39 is 5.97 Å². The number of hydrogen-bond donors (Lipinski definition) is 1. The summed E-state index contributed by atoms with van der Waals surface area (Å²) >= 11 is 0. The zero-order valence-electron chi connectivity index (χ0n) is 16.8. The molecular weight excluding hydrogens is 378 g/mol. The van der Waals surface area contributed by atoms with Crippen LogP contribution in [0.2, 0.25) is 0 Å². The lowest BCUT2D eigenvalue weighted by atomic mass is 9.99. The van der Waals surface area contributed by atoms with E-state index in [4.69, 9.17) is 9.84 Å². The van der Waals surface area contributed by atoms with Crippen LogP contribution in [0.3, 0.4) is 0 Å². The van der Waals surface area contributed by atoms with Crippen molar-refractivity contribution in [2.24, 2.45) is 0 Å². The number of rotatable bonds is 6. The maximum atomic E-state index is 12.5. The molecule has 0 aliphatic carbocycles. The largest absolute Gasteiger partial charge is 0.478 e. The van der Waals surface area contributed by atoms with Gasteiger partial charge in [0.2, 0.25) is 0 Å². The Morgan fingerprint density at radius 2 is 1.47 bits per heavy atom. The van der Waals surface area contributed by atoms with Crippen LogP contribution in [0, 0.1) is 0 Å². The molecule has 0 radical (unpaired) electrons. The summed E-state index contributed by atoms with van der Waals surface area (Å²) in [5.41, 5.74) is 2.98. The molecule has 0 atom stereocenters. The molecule has 0 unspecified atom stereocenters. The summed E-state index contributed by atoms with van der Waals surface area (Å²) in [5.74, 6) is -1.22. The van der Waals surface area contributed by atoms with Gasteiger partial charge in [-0.25, -0.2) is 9.59 Å². The molecule has 3 aromatic carbocycles. The third-order valence-corrected chi connectivity index (χ3v) is 5.58. The number of carboxylic acid groups (broad SMARTS) is 1. The van der Waals surface area contributed by atoms with Crippen molar-refractivity contribution >= 4 is 22.7 Å². The van der Waals surface area contributed by atoms with E-state index in [1.807, 2.05) is 36.4 Å². The van der Waals surface area contributed by atoms with Crippen molar-refractivity contribution in [3.05, 3.63) is 82.9 Å². The molecular formula is C25H25NO4. The van der Waals surface area contributed by atoms with E-state index in [1.165, 1.54) is 6.42 Å². The quantitative estimate of drug-likeness (QED) is 0.603. The van der Waals surface area contributed by atoms with Crippen LogP contribution in [0.1, 0.15) is 51.1 Å². The standard InChI is InChI=1S/C25H25NO4/c27-24(28)21-8-4-18(5-9-21)14-19-6-7-20-10-11-22(16-23(20)15-19)25(29)30-17-26-12-2-1-3-13-26/h4-11,15-16H,1-3,12-14,17H2,(H,27,28). The highest BCUT2D eigenvalue weighted by Crippen LogP contribution is 2.21. The van der Waals surface area contributed by atoms with Gasteiger partial charge in [-0.2, -0.15) is 0 Å². The fourth-order valence-corrected chi connectivity index (χ4v) is 3.86. The molecule has 0 bridgehead atoms.